The lowest BCUT2D eigenvalue weighted by Crippen LogP contribution is -1.90. The highest BCUT2D eigenvalue weighted by atomic mass is 14.9. The summed E-state index contributed by atoms with van der Waals surface area (Å²) in [5.41, 5.74) is 7.42. The van der Waals surface area contributed by atoms with Gasteiger partial charge in [-0.2, -0.15) is 0 Å². The smallest absolute Gasteiger partial charge is 0.0418 e. The topological polar surface area (TPSA) is 24.4 Å². The third-order valence-electron chi connectivity index (χ3n) is 3.08. The standard InChI is InChI=1S/C14H14N2/c1-9-5-13(8-15-9)11-3-4-14-12(7-11)6-10(2)16-14/h3-4,7-8,16H,2,5-6H2,1H3. The zero-order valence-electron chi connectivity index (χ0n) is 9.38. The number of anilines is 1. The van der Waals surface area contributed by atoms with Gasteiger partial charge in [0.15, 0.2) is 0 Å². The van der Waals surface area contributed by atoms with Crippen molar-refractivity contribution in [1.82, 2.24) is 0 Å². The highest BCUT2D eigenvalue weighted by Crippen LogP contribution is 2.32. The number of aliphatic imine (C=N–C) groups is 1. The van der Waals surface area contributed by atoms with Crippen molar-refractivity contribution in [2.75, 3.05) is 5.32 Å². The summed E-state index contributed by atoms with van der Waals surface area (Å²) >= 11 is 0. The molecular formula is C14H14N2. The molecular weight excluding hydrogens is 196 g/mol. The number of nitrogens with zero attached hydrogens (tertiary/aromatic N) is 1. The molecule has 80 valence electrons. The Labute approximate surface area is 95.4 Å². The molecule has 2 aliphatic rings. The number of hydrogen-bond donors (Lipinski definition) is 1. The average Bonchev–Trinajstić information content (AvgIpc) is 2.81. The maximum atomic E-state index is 4.32. The second-order valence-corrected chi connectivity index (χ2v) is 4.47. The first-order valence-electron chi connectivity index (χ1n) is 5.53. The minimum absolute atomic E-state index is 0.941. The fourth-order valence-electron chi connectivity index (χ4n) is 2.26. The summed E-state index contributed by atoms with van der Waals surface area (Å²) in [6.45, 7) is 6.03. The van der Waals surface area contributed by atoms with Crippen LogP contribution in [0.15, 0.2) is 41.7 Å². The molecule has 0 fully saturated rings. The van der Waals surface area contributed by atoms with Gasteiger partial charge in [0, 0.05) is 36.1 Å². The van der Waals surface area contributed by atoms with Gasteiger partial charge in [0.2, 0.25) is 0 Å². The molecule has 0 radical (unpaired) electrons. The van der Waals surface area contributed by atoms with E-state index in [1.54, 1.807) is 0 Å². The number of rotatable bonds is 1. The van der Waals surface area contributed by atoms with E-state index in [1.165, 1.54) is 28.1 Å². The summed E-state index contributed by atoms with van der Waals surface area (Å²) in [5, 5.41) is 3.28. The molecule has 16 heavy (non-hydrogen) atoms. The second-order valence-electron chi connectivity index (χ2n) is 4.47. The fraction of sp³-hybridized carbons (Fsp3) is 0.214. The molecule has 2 aliphatic heterocycles. The molecule has 0 aromatic heterocycles. The van der Waals surface area contributed by atoms with Crippen LogP contribution in [0, 0.1) is 0 Å². The SMILES string of the molecule is C=C1Cc2cc(C3=CN=C(C)C3)ccc2N1. The van der Waals surface area contributed by atoms with Crippen LogP contribution in [-0.2, 0) is 6.42 Å². The zero-order chi connectivity index (χ0) is 11.1. The lowest BCUT2D eigenvalue weighted by atomic mass is 10.00. The van der Waals surface area contributed by atoms with E-state index in [0.29, 0.717) is 0 Å². The minimum Gasteiger partial charge on any atom is -0.359 e. The molecule has 0 amide bonds. The van der Waals surface area contributed by atoms with Crippen molar-refractivity contribution in [3.8, 4) is 0 Å². The first kappa shape index (κ1) is 9.40. The second kappa shape index (κ2) is 3.34. The van der Waals surface area contributed by atoms with Gasteiger partial charge in [-0.05, 0) is 35.8 Å². The number of nitrogens with one attached hydrogen (secondary N) is 1. The maximum Gasteiger partial charge on any atom is 0.0418 e. The molecule has 0 saturated carbocycles. The van der Waals surface area contributed by atoms with Gasteiger partial charge in [-0.15, -0.1) is 0 Å². The average molecular weight is 210 g/mol. The molecule has 0 atom stereocenters. The van der Waals surface area contributed by atoms with E-state index in [2.05, 4.69) is 42.0 Å². The van der Waals surface area contributed by atoms with E-state index >= 15 is 0 Å². The van der Waals surface area contributed by atoms with Crippen LogP contribution >= 0.6 is 0 Å². The molecule has 2 heterocycles. The minimum atomic E-state index is 0.941. The Morgan fingerprint density at radius 1 is 1.31 bits per heavy atom. The summed E-state index contributed by atoms with van der Waals surface area (Å²) in [7, 11) is 0. The molecule has 2 nitrogen and oxygen atoms in total. The van der Waals surface area contributed by atoms with Crippen LogP contribution in [0.2, 0.25) is 0 Å². The zero-order valence-corrected chi connectivity index (χ0v) is 9.38. The van der Waals surface area contributed by atoms with Gasteiger partial charge >= 0.3 is 0 Å². The number of fused-ring (bicyclic) bond motifs is 1. The van der Waals surface area contributed by atoms with E-state index in [9.17, 15) is 0 Å². The van der Waals surface area contributed by atoms with Gasteiger partial charge in [0.25, 0.3) is 0 Å². The third-order valence-corrected chi connectivity index (χ3v) is 3.08. The highest BCUT2D eigenvalue weighted by molar-refractivity contribution is 5.96. The lowest BCUT2D eigenvalue weighted by molar-refractivity contribution is 1.26. The molecule has 1 N–H and O–H groups in total. The molecule has 0 unspecified atom stereocenters. The van der Waals surface area contributed by atoms with Crippen LogP contribution < -0.4 is 5.32 Å². The molecule has 0 bridgehead atoms. The normalized spacial score (nSPS) is 17.9. The molecule has 1 aromatic rings. The predicted molar refractivity (Wildman–Crippen MR) is 68.6 cm³/mol. The van der Waals surface area contributed by atoms with Gasteiger partial charge in [-0.1, -0.05) is 12.6 Å². The first-order valence-corrected chi connectivity index (χ1v) is 5.53. The molecule has 1 aromatic carbocycles. The van der Waals surface area contributed by atoms with Gasteiger partial charge in [0.05, 0.1) is 0 Å². The molecule has 0 saturated heterocycles. The molecule has 2 heteroatoms. The molecule has 0 aliphatic carbocycles. The van der Waals surface area contributed by atoms with E-state index < -0.39 is 0 Å². The van der Waals surface area contributed by atoms with Gasteiger partial charge in [-0.3, -0.25) is 4.99 Å². The van der Waals surface area contributed by atoms with E-state index in [-0.39, 0.29) is 0 Å². The summed E-state index contributed by atoms with van der Waals surface area (Å²) in [4.78, 5) is 4.32. The van der Waals surface area contributed by atoms with Crippen LogP contribution in [0.3, 0.4) is 0 Å². The Balaban J connectivity index is 1.95. The summed E-state index contributed by atoms with van der Waals surface area (Å²) < 4.78 is 0. The van der Waals surface area contributed by atoms with Crippen molar-refractivity contribution in [1.29, 1.82) is 0 Å². The Hall–Kier alpha value is -1.83. The summed E-state index contributed by atoms with van der Waals surface area (Å²) in [6.07, 6.45) is 3.90. The fourth-order valence-corrected chi connectivity index (χ4v) is 2.26. The number of benzene rings is 1. The van der Waals surface area contributed by atoms with Crippen LogP contribution in [0.4, 0.5) is 5.69 Å². The maximum absolute atomic E-state index is 4.32. The highest BCUT2D eigenvalue weighted by Gasteiger charge is 2.15. The Morgan fingerprint density at radius 3 is 2.94 bits per heavy atom. The monoisotopic (exact) mass is 210 g/mol. The largest absolute Gasteiger partial charge is 0.359 e. The van der Waals surface area contributed by atoms with E-state index in [1.807, 2.05) is 6.20 Å². The van der Waals surface area contributed by atoms with Crippen molar-refractivity contribution < 1.29 is 0 Å². The Morgan fingerprint density at radius 2 is 2.19 bits per heavy atom. The predicted octanol–water partition coefficient (Wildman–Crippen LogP) is 3.37. The Kier molecular flexibility index (Phi) is 1.96. The number of hydrogen-bond acceptors (Lipinski definition) is 2. The first-order chi connectivity index (χ1) is 7.72. The van der Waals surface area contributed by atoms with Crippen molar-refractivity contribution >= 4 is 17.0 Å². The van der Waals surface area contributed by atoms with Crippen LogP contribution in [0.5, 0.6) is 0 Å². The van der Waals surface area contributed by atoms with Crippen molar-refractivity contribution in [3.63, 3.8) is 0 Å². The lowest BCUT2D eigenvalue weighted by Gasteiger charge is -2.05. The van der Waals surface area contributed by atoms with Gasteiger partial charge in [0.1, 0.15) is 0 Å². The van der Waals surface area contributed by atoms with Crippen LogP contribution in [-0.4, -0.2) is 5.71 Å². The van der Waals surface area contributed by atoms with Crippen LogP contribution in [0.25, 0.3) is 5.57 Å². The quantitative estimate of drug-likeness (QED) is 0.755. The summed E-state index contributed by atoms with van der Waals surface area (Å²) in [5.74, 6) is 0. The third kappa shape index (κ3) is 1.47. The van der Waals surface area contributed by atoms with Gasteiger partial charge in [-0.25, -0.2) is 0 Å². The van der Waals surface area contributed by atoms with Crippen molar-refractivity contribution in [3.05, 3.63) is 47.8 Å². The van der Waals surface area contributed by atoms with Crippen molar-refractivity contribution in [2.45, 2.75) is 19.8 Å². The van der Waals surface area contributed by atoms with Crippen LogP contribution in [0.1, 0.15) is 24.5 Å². The molecule has 3 rings (SSSR count). The van der Waals surface area contributed by atoms with Crippen molar-refractivity contribution in [2.24, 2.45) is 4.99 Å². The number of allylic oxidation sites excluding steroid dienone is 2. The van der Waals surface area contributed by atoms with E-state index in [4.69, 9.17) is 0 Å². The van der Waals surface area contributed by atoms with Gasteiger partial charge < -0.3 is 5.32 Å². The molecule has 0 spiro atoms. The summed E-state index contributed by atoms with van der Waals surface area (Å²) in [6, 6.07) is 6.54. The Bertz CT molecular complexity index is 536. The van der Waals surface area contributed by atoms with E-state index in [0.717, 1.165) is 18.5 Å².